The molecular formula is C12H8ClNO3S2. The Hall–Kier alpha value is -1.24. The number of halogens is 1. The second kappa shape index (κ2) is 4.70. The van der Waals surface area contributed by atoms with Gasteiger partial charge in [-0.05, 0) is 17.7 Å². The second-order valence-corrected chi connectivity index (χ2v) is 6.05. The van der Waals surface area contributed by atoms with Gasteiger partial charge < -0.3 is 9.47 Å². The van der Waals surface area contributed by atoms with Crippen molar-refractivity contribution in [3.63, 3.8) is 0 Å². The standard InChI is InChI=1S/C12H8ClNO3S2/c1-14-11(15)10(19-12(14)18)3-6-2-8-9(4-7(6)13)17-5-16-8/h2-4H,5H2,1H3/b10-3+. The van der Waals surface area contributed by atoms with E-state index in [1.54, 1.807) is 25.3 Å². The van der Waals surface area contributed by atoms with Crippen LogP contribution < -0.4 is 9.47 Å². The van der Waals surface area contributed by atoms with Crippen molar-refractivity contribution in [2.45, 2.75) is 0 Å². The number of carbonyl (C=O) groups excluding carboxylic acids is 1. The van der Waals surface area contributed by atoms with Crippen LogP contribution in [-0.2, 0) is 4.79 Å². The highest BCUT2D eigenvalue weighted by molar-refractivity contribution is 8.26. The van der Waals surface area contributed by atoms with Crippen LogP contribution in [0.4, 0.5) is 0 Å². The minimum absolute atomic E-state index is 0.122. The Balaban J connectivity index is 2.00. The average molecular weight is 314 g/mol. The molecule has 2 aliphatic rings. The van der Waals surface area contributed by atoms with E-state index in [-0.39, 0.29) is 12.7 Å². The maximum absolute atomic E-state index is 11.9. The number of rotatable bonds is 1. The van der Waals surface area contributed by atoms with E-state index >= 15 is 0 Å². The van der Waals surface area contributed by atoms with Crippen LogP contribution in [0.15, 0.2) is 17.0 Å². The van der Waals surface area contributed by atoms with Crippen molar-refractivity contribution < 1.29 is 14.3 Å². The normalized spacial score (nSPS) is 19.7. The molecule has 7 heteroatoms. The molecule has 1 fully saturated rings. The quantitative estimate of drug-likeness (QED) is 0.589. The first-order valence-corrected chi connectivity index (χ1v) is 6.97. The lowest BCUT2D eigenvalue weighted by Gasteiger charge is -2.04. The number of nitrogens with zero attached hydrogens (tertiary/aromatic N) is 1. The van der Waals surface area contributed by atoms with E-state index in [1.165, 1.54) is 16.7 Å². The van der Waals surface area contributed by atoms with Gasteiger partial charge in [0, 0.05) is 13.1 Å². The third-order valence-electron chi connectivity index (χ3n) is 2.77. The number of carbonyl (C=O) groups is 1. The van der Waals surface area contributed by atoms with Crippen molar-refractivity contribution in [1.29, 1.82) is 0 Å². The highest BCUT2D eigenvalue weighted by atomic mass is 35.5. The Labute approximate surface area is 124 Å². The molecule has 0 atom stereocenters. The zero-order valence-electron chi connectivity index (χ0n) is 9.81. The molecule has 19 heavy (non-hydrogen) atoms. The molecule has 98 valence electrons. The first kappa shape index (κ1) is 12.8. The monoisotopic (exact) mass is 313 g/mol. The van der Waals surface area contributed by atoms with Crippen LogP contribution in [0.25, 0.3) is 6.08 Å². The molecule has 4 nitrogen and oxygen atoms in total. The fraction of sp³-hybridized carbons (Fsp3) is 0.167. The molecule has 1 amide bonds. The van der Waals surface area contributed by atoms with Gasteiger partial charge in [-0.1, -0.05) is 35.6 Å². The molecule has 0 bridgehead atoms. The van der Waals surface area contributed by atoms with Gasteiger partial charge in [0.1, 0.15) is 4.32 Å². The topological polar surface area (TPSA) is 38.8 Å². The van der Waals surface area contributed by atoms with Crippen molar-refractivity contribution in [1.82, 2.24) is 4.90 Å². The molecule has 3 rings (SSSR count). The predicted molar refractivity (Wildman–Crippen MR) is 78.5 cm³/mol. The fourth-order valence-corrected chi connectivity index (χ4v) is 3.11. The molecule has 0 aromatic heterocycles. The molecule has 0 aliphatic carbocycles. The second-order valence-electron chi connectivity index (χ2n) is 3.97. The van der Waals surface area contributed by atoms with E-state index in [1.807, 2.05) is 0 Å². The first-order chi connectivity index (χ1) is 9.06. The summed E-state index contributed by atoms with van der Waals surface area (Å²) < 4.78 is 11.1. The van der Waals surface area contributed by atoms with E-state index in [0.29, 0.717) is 31.3 Å². The number of fused-ring (bicyclic) bond motifs is 1. The smallest absolute Gasteiger partial charge is 0.265 e. The van der Waals surface area contributed by atoms with E-state index in [2.05, 4.69) is 0 Å². The first-order valence-electron chi connectivity index (χ1n) is 5.37. The van der Waals surface area contributed by atoms with Crippen LogP contribution in [0, 0.1) is 0 Å². The number of hydrogen-bond donors (Lipinski definition) is 0. The van der Waals surface area contributed by atoms with Crippen LogP contribution in [0.3, 0.4) is 0 Å². The van der Waals surface area contributed by atoms with Crippen LogP contribution in [0.1, 0.15) is 5.56 Å². The van der Waals surface area contributed by atoms with E-state index in [9.17, 15) is 4.79 Å². The SMILES string of the molecule is CN1C(=O)/C(=C\c2cc3c(cc2Cl)OCO3)SC1=S. The summed E-state index contributed by atoms with van der Waals surface area (Å²) in [6.07, 6.45) is 1.72. The Kier molecular flexibility index (Phi) is 3.16. The average Bonchev–Trinajstić information content (AvgIpc) is 2.91. The van der Waals surface area contributed by atoms with Gasteiger partial charge in [-0.2, -0.15) is 0 Å². The molecule has 0 spiro atoms. The van der Waals surface area contributed by atoms with Gasteiger partial charge >= 0.3 is 0 Å². The lowest BCUT2D eigenvalue weighted by molar-refractivity contribution is -0.121. The number of ether oxygens (including phenoxy) is 2. The van der Waals surface area contributed by atoms with Gasteiger partial charge in [-0.25, -0.2) is 0 Å². The number of thiocarbonyl (C=S) groups is 1. The summed E-state index contributed by atoms with van der Waals surface area (Å²) in [6, 6.07) is 3.44. The van der Waals surface area contributed by atoms with Crippen LogP contribution >= 0.6 is 35.6 Å². The van der Waals surface area contributed by atoms with Gasteiger partial charge in [0.05, 0.1) is 9.93 Å². The molecule has 1 aromatic rings. The van der Waals surface area contributed by atoms with E-state index in [0.717, 1.165) is 0 Å². The zero-order valence-corrected chi connectivity index (χ0v) is 12.2. The van der Waals surface area contributed by atoms with Gasteiger partial charge in [0.2, 0.25) is 6.79 Å². The van der Waals surface area contributed by atoms with Crippen molar-refractivity contribution >= 4 is 51.9 Å². The predicted octanol–water partition coefficient (Wildman–Crippen LogP) is 2.90. The minimum Gasteiger partial charge on any atom is -0.454 e. The Morgan fingerprint density at radius 2 is 2.11 bits per heavy atom. The summed E-state index contributed by atoms with van der Waals surface area (Å²) in [4.78, 5) is 13.9. The molecule has 0 saturated carbocycles. The Morgan fingerprint density at radius 1 is 1.42 bits per heavy atom. The molecule has 2 heterocycles. The largest absolute Gasteiger partial charge is 0.454 e. The molecule has 0 N–H and O–H groups in total. The highest BCUT2D eigenvalue weighted by Gasteiger charge is 2.29. The Morgan fingerprint density at radius 3 is 2.74 bits per heavy atom. The van der Waals surface area contributed by atoms with Gasteiger partial charge in [-0.3, -0.25) is 9.69 Å². The lowest BCUT2D eigenvalue weighted by atomic mass is 10.2. The molecule has 0 unspecified atom stereocenters. The number of benzene rings is 1. The number of amides is 1. The molecule has 2 aliphatic heterocycles. The third kappa shape index (κ3) is 2.20. The van der Waals surface area contributed by atoms with Crippen LogP contribution in [-0.4, -0.2) is 29.0 Å². The van der Waals surface area contributed by atoms with Crippen LogP contribution in [0.5, 0.6) is 11.5 Å². The van der Waals surface area contributed by atoms with Gasteiger partial charge in [0.15, 0.2) is 11.5 Å². The molecule has 1 aromatic carbocycles. The number of thioether (sulfide) groups is 1. The zero-order chi connectivity index (χ0) is 13.6. The summed E-state index contributed by atoms with van der Waals surface area (Å²) in [5.41, 5.74) is 0.708. The van der Waals surface area contributed by atoms with E-state index < -0.39 is 0 Å². The summed E-state index contributed by atoms with van der Waals surface area (Å²) in [6.45, 7) is 0.187. The van der Waals surface area contributed by atoms with Crippen molar-refractivity contribution in [3.05, 3.63) is 27.6 Å². The summed E-state index contributed by atoms with van der Waals surface area (Å²) in [5, 5.41) is 0.505. The molecule has 1 saturated heterocycles. The van der Waals surface area contributed by atoms with Gasteiger partial charge in [0.25, 0.3) is 5.91 Å². The van der Waals surface area contributed by atoms with Crippen molar-refractivity contribution in [2.75, 3.05) is 13.8 Å². The van der Waals surface area contributed by atoms with Crippen LogP contribution in [0.2, 0.25) is 5.02 Å². The summed E-state index contributed by atoms with van der Waals surface area (Å²) in [5.74, 6) is 1.12. The summed E-state index contributed by atoms with van der Waals surface area (Å²) >= 11 is 12.5. The highest BCUT2D eigenvalue weighted by Crippen LogP contribution is 2.39. The third-order valence-corrected chi connectivity index (χ3v) is 4.58. The Bertz CT molecular complexity index is 630. The van der Waals surface area contributed by atoms with Gasteiger partial charge in [-0.15, -0.1) is 0 Å². The summed E-state index contributed by atoms with van der Waals surface area (Å²) in [7, 11) is 1.65. The van der Waals surface area contributed by atoms with E-state index in [4.69, 9.17) is 33.3 Å². The van der Waals surface area contributed by atoms with Crippen molar-refractivity contribution in [2.24, 2.45) is 0 Å². The number of hydrogen-bond acceptors (Lipinski definition) is 5. The molecular weight excluding hydrogens is 306 g/mol. The minimum atomic E-state index is -0.122. The molecule has 0 radical (unpaired) electrons. The maximum atomic E-state index is 11.9. The number of likely N-dealkylation sites (N-methyl/N-ethyl adjacent to an activating group) is 1. The van der Waals surface area contributed by atoms with Crippen molar-refractivity contribution in [3.8, 4) is 11.5 Å². The maximum Gasteiger partial charge on any atom is 0.265 e. The fourth-order valence-electron chi connectivity index (χ4n) is 1.73. The lowest BCUT2D eigenvalue weighted by Crippen LogP contribution is -2.22.